The zero-order valence-corrected chi connectivity index (χ0v) is 16.8. The number of thioether (sulfide) groups is 1. The Morgan fingerprint density at radius 2 is 1.73 bits per heavy atom. The van der Waals surface area contributed by atoms with Crippen molar-refractivity contribution in [2.45, 2.75) is 19.6 Å². The van der Waals surface area contributed by atoms with Gasteiger partial charge in [-0.1, -0.05) is 0 Å². The van der Waals surface area contributed by atoms with E-state index in [0.717, 1.165) is 5.75 Å². The third-order valence-electron chi connectivity index (χ3n) is 2.45. The molecule has 22 heavy (non-hydrogen) atoms. The summed E-state index contributed by atoms with van der Waals surface area (Å²) in [6.07, 6.45) is 0. The Hall–Kier alpha value is 0.0500. The summed E-state index contributed by atoms with van der Waals surface area (Å²) in [5, 5.41) is 6.18. The molecular weight excluding hydrogens is 375 g/mol. The van der Waals surface area contributed by atoms with Gasteiger partial charge in [-0.2, -0.15) is 0 Å². The van der Waals surface area contributed by atoms with Gasteiger partial charge in [-0.15, -0.1) is 0 Å². The van der Waals surface area contributed by atoms with Crippen LogP contribution in [0.3, 0.4) is 0 Å². The van der Waals surface area contributed by atoms with Gasteiger partial charge in [-0.25, -0.2) is 0 Å². The van der Waals surface area contributed by atoms with Gasteiger partial charge in [0.2, 0.25) is 0 Å². The normalized spacial score (nSPS) is 11.8. The summed E-state index contributed by atoms with van der Waals surface area (Å²) >= 11 is 16.0. The van der Waals surface area contributed by atoms with Gasteiger partial charge in [0.15, 0.2) is 0 Å². The van der Waals surface area contributed by atoms with Crippen molar-refractivity contribution in [3.05, 3.63) is 35.9 Å². The molecule has 0 saturated carbocycles. The van der Waals surface area contributed by atoms with Gasteiger partial charge >= 0.3 is 153 Å². The van der Waals surface area contributed by atoms with E-state index in [1.165, 1.54) is 17.3 Å². The van der Waals surface area contributed by atoms with Crippen LogP contribution in [-0.2, 0) is 14.8 Å². The Morgan fingerprint density at radius 1 is 1.14 bits per heavy atom. The molecule has 0 amide bonds. The molecule has 1 rings (SSSR count). The zero-order valence-electron chi connectivity index (χ0n) is 12.5. The fraction of sp³-hybridized carbons (Fsp3) is 0.385. The fourth-order valence-electron chi connectivity index (χ4n) is 1.66. The van der Waals surface area contributed by atoms with Gasteiger partial charge in [-0.05, 0) is 0 Å². The third-order valence-corrected chi connectivity index (χ3v) is 7.26. The van der Waals surface area contributed by atoms with Gasteiger partial charge in [-0.3, -0.25) is 0 Å². The Balaban J connectivity index is 2.66. The van der Waals surface area contributed by atoms with Crippen molar-refractivity contribution in [2.75, 3.05) is 13.2 Å². The summed E-state index contributed by atoms with van der Waals surface area (Å²) in [7, 11) is -2.94. The molecule has 0 unspecified atom stereocenters. The van der Waals surface area contributed by atoms with Gasteiger partial charge in [0.1, 0.15) is 0 Å². The van der Waals surface area contributed by atoms with Crippen molar-refractivity contribution in [1.82, 2.24) is 10.2 Å². The van der Waals surface area contributed by atoms with E-state index in [0.29, 0.717) is 21.9 Å². The Bertz CT molecular complexity index is 484. The minimum absolute atomic E-state index is 0.317. The quantitative estimate of drug-likeness (QED) is 0.348. The van der Waals surface area contributed by atoms with E-state index in [4.69, 9.17) is 33.5 Å². The summed E-state index contributed by atoms with van der Waals surface area (Å²) < 4.78 is 12.4. The average Bonchev–Trinajstić information content (AvgIpc) is 2.46. The monoisotopic (exact) mass is 396 g/mol. The van der Waals surface area contributed by atoms with Crippen LogP contribution in [0.25, 0.3) is 0 Å². The fourth-order valence-corrected chi connectivity index (χ4v) is 6.06. The molecule has 1 aromatic carbocycles. The van der Waals surface area contributed by atoms with E-state index in [1.54, 1.807) is 0 Å². The molecule has 4 nitrogen and oxygen atoms in total. The molecule has 0 saturated heterocycles. The number of thiocarbonyl (C=S) groups is 2. The van der Waals surface area contributed by atoms with E-state index in [9.17, 15) is 0 Å². The first kappa shape index (κ1) is 20.1. The van der Waals surface area contributed by atoms with Gasteiger partial charge in [0.05, 0.1) is 0 Å². The van der Waals surface area contributed by atoms with Crippen molar-refractivity contribution in [2.24, 2.45) is 0 Å². The van der Waals surface area contributed by atoms with Crippen LogP contribution >= 0.6 is 56.8 Å². The summed E-state index contributed by atoms with van der Waals surface area (Å²) in [6.45, 7) is 4.75. The second-order valence-corrected chi connectivity index (χ2v) is 9.22. The van der Waals surface area contributed by atoms with Crippen molar-refractivity contribution < 1.29 is 9.05 Å². The van der Waals surface area contributed by atoms with Crippen molar-refractivity contribution >= 4 is 65.5 Å². The number of benzene rings is 1. The van der Waals surface area contributed by atoms with Crippen LogP contribution in [0.2, 0.25) is 0 Å². The summed E-state index contributed by atoms with van der Waals surface area (Å²) in [5.41, 5.74) is 1.20. The average molecular weight is 397 g/mol. The molecule has 0 aromatic heterocycles. The standard InChI is InChI=1S/C13H21N2O2PS4/c1-3-16-18(17-4-2,14-12(19)20)15-13(21)22-10-11-8-6-5-7-9-11/h5-9,18H,3-4,10H2,1-2H3,(H,15,21)(H2,14,19,20). The van der Waals surface area contributed by atoms with Crippen LogP contribution < -0.4 is 10.2 Å². The maximum atomic E-state index is 5.76. The molecule has 2 N–H and O–H groups in total. The van der Waals surface area contributed by atoms with Crippen molar-refractivity contribution in [3.8, 4) is 0 Å². The van der Waals surface area contributed by atoms with Gasteiger partial charge < -0.3 is 0 Å². The van der Waals surface area contributed by atoms with Gasteiger partial charge in [0, 0.05) is 0 Å². The van der Waals surface area contributed by atoms with E-state index in [2.05, 4.69) is 34.9 Å². The number of thiol groups is 1. The second kappa shape index (κ2) is 10.8. The van der Waals surface area contributed by atoms with E-state index in [1.807, 2.05) is 32.0 Å². The van der Waals surface area contributed by atoms with E-state index < -0.39 is 8.02 Å². The van der Waals surface area contributed by atoms with Crippen molar-refractivity contribution in [1.29, 1.82) is 0 Å². The molecule has 0 radical (unpaired) electrons. The second-order valence-electron chi connectivity index (χ2n) is 4.10. The zero-order chi connectivity index (χ0) is 16.4. The Morgan fingerprint density at radius 3 is 2.23 bits per heavy atom. The molecule has 0 aliphatic carbocycles. The molecule has 0 bridgehead atoms. The molecule has 0 heterocycles. The first-order valence-corrected chi connectivity index (χ1v) is 10.9. The predicted molar refractivity (Wildman–Crippen MR) is 110 cm³/mol. The molecule has 0 spiro atoms. The van der Waals surface area contributed by atoms with E-state index >= 15 is 0 Å². The number of rotatable bonds is 8. The molecule has 9 heteroatoms. The minimum atomic E-state index is -2.94. The molecule has 1 aromatic rings. The summed E-state index contributed by atoms with van der Waals surface area (Å²) in [5.74, 6) is 0.778. The molecule has 0 aliphatic heterocycles. The SMILES string of the molecule is CCO[PH](NC(=S)S)(NC(=S)SCc1ccccc1)OCC. The van der Waals surface area contributed by atoms with Gasteiger partial charge in [0.25, 0.3) is 0 Å². The van der Waals surface area contributed by atoms with Crippen LogP contribution in [0.1, 0.15) is 19.4 Å². The van der Waals surface area contributed by atoms with Crippen molar-refractivity contribution in [3.63, 3.8) is 0 Å². The van der Waals surface area contributed by atoms with Crippen LogP contribution in [0.4, 0.5) is 0 Å². The summed E-state index contributed by atoms with van der Waals surface area (Å²) in [6, 6.07) is 10.1. The Labute approximate surface area is 153 Å². The summed E-state index contributed by atoms with van der Waals surface area (Å²) in [4.78, 5) is 0. The van der Waals surface area contributed by atoms with Crippen LogP contribution in [0.15, 0.2) is 30.3 Å². The number of nitrogens with one attached hydrogen (secondary N) is 2. The third kappa shape index (κ3) is 7.55. The first-order valence-electron chi connectivity index (χ1n) is 6.79. The molecule has 0 atom stereocenters. The number of hydrogen-bond acceptors (Lipinski definition) is 5. The van der Waals surface area contributed by atoms with Crippen LogP contribution in [0.5, 0.6) is 0 Å². The molecule has 0 fully saturated rings. The first-order chi connectivity index (χ1) is 10.5. The Kier molecular flexibility index (Phi) is 9.82. The molecule has 0 aliphatic rings. The number of hydrogen-bond donors (Lipinski definition) is 3. The van der Waals surface area contributed by atoms with E-state index in [-0.39, 0.29) is 0 Å². The molecule has 124 valence electrons. The topological polar surface area (TPSA) is 42.5 Å². The van der Waals surface area contributed by atoms with Crippen LogP contribution in [-0.4, -0.2) is 21.9 Å². The predicted octanol–water partition coefficient (Wildman–Crippen LogP) is 4.08. The molecular formula is C13H21N2O2PS4. The maximum absolute atomic E-state index is 5.76. The van der Waals surface area contributed by atoms with Crippen LogP contribution in [0, 0.1) is 0 Å².